The minimum atomic E-state index is -2.28. The highest BCUT2D eigenvalue weighted by molar-refractivity contribution is 5.81. The van der Waals surface area contributed by atoms with Gasteiger partial charge in [0.05, 0.1) is 5.41 Å². The highest BCUT2D eigenvalue weighted by atomic mass is 19.3. The molecule has 0 aromatic heterocycles. The minimum Gasteiger partial charge on any atom is -0.369 e. The van der Waals surface area contributed by atoms with Crippen molar-refractivity contribution in [2.24, 2.45) is 28.9 Å². The van der Waals surface area contributed by atoms with Gasteiger partial charge in [0.1, 0.15) is 0 Å². The van der Waals surface area contributed by atoms with Gasteiger partial charge in [-0.2, -0.15) is 0 Å². The van der Waals surface area contributed by atoms with Crippen LogP contribution in [-0.2, 0) is 10.2 Å². The van der Waals surface area contributed by atoms with Gasteiger partial charge in [-0.25, -0.2) is 8.78 Å². The number of alkyl halides is 2. The Balaban J connectivity index is 1.79. The second-order valence-electron chi connectivity index (χ2n) is 7.72. The number of hydrogen-bond acceptors (Lipinski definition) is 1. The molecule has 4 aliphatic rings. The van der Waals surface area contributed by atoms with E-state index in [1.807, 2.05) is 18.2 Å². The van der Waals surface area contributed by atoms with Crippen LogP contribution in [0, 0.1) is 23.2 Å². The molecule has 5 rings (SSSR count). The Labute approximate surface area is 129 Å². The van der Waals surface area contributed by atoms with Gasteiger partial charge in [0.25, 0.3) is 0 Å². The number of carbonyl (C=O) groups excluding carboxylic acids is 1. The maximum Gasteiger partial charge on any atom is 0.241 e. The predicted octanol–water partition coefficient (Wildman–Crippen LogP) is 3.50. The molecular weight excluding hydrogens is 284 g/mol. The summed E-state index contributed by atoms with van der Waals surface area (Å²) in [5.74, 6) is -0.984. The average Bonchev–Trinajstić information content (AvgIpc) is 2.46. The third kappa shape index (κ3) is 1.79. The van der Waals surface area contributed by atoms with E-state index in [0.717, 1.165) is 19.3 Å². The van der Waals surface area contributed by atoms with Crippen molar-refractivity contribution < 1.29 is 13.6 Å². The lowest BCUT2D eigenvalue weighted by molar-refractivity contribution is -0.169. The van der Waals surface area contributed by atoms with Crippen LogP contribution in [0.4, 0.5) is 8.78 Å². The third-order valence-electron chi connectivity index (χ3n) is 6.58. The lowest BCUT2D eigenvalue weighted by Gasteiger charge is -2.63. The number of carbonyl (C=O) groups is 1. The molecule has 118 valence electrons. The molecule has 2 nitrogen and oxygen atoms in total. The monoisotopic (exact) mass is 305 g/mol. The first kappa shape index (κ1) is 14.2. The summed E-state index contributed by atoms with van der Waals surface area (Å²) in [5.41, 5.74) is 6.23. The summed E-state index contributed by atoms with van der Waals surface area (Å²) in [5, 5.41) is 0. The van der Waals surface area contributed by atoms with Gasteiger partial charge in [-0.1, -0.05) is 30.3 Å². The van der Waals surface area contributed by atoms with Crippen molar-refractivity contribution in [1.82, 2.24) is 0 Å². The maximum absolute atomic E-state index is 13.5. The fourth-order valence-electron chi connectivity index (χ4n) is 6.01. The van der Waals surface area contributed by atoms with E-state index in [9.17, 15) is 13.6 Å². The summed E-state index contributed by atoms with van der Waals surface area (Å²) in [6.07, 6.45) is 1.12. The number of primary amides is 1. The topological polar surface area (TPSA) is 43.1 Å². The van der Waals surface area contributed by atoms with Crippen LogP contribution in [0.25, 0.3) is 0 Å². The van der Waals surface area contributed by atoms with E-state index < -0.39 is 17.8 Å². The van der Waals surface area contributed by atoms with Crippen molar-refractivity contribution >= 4 is 5.91 Å². The predicted molar refractivity (Wildman–Crippen MR) is 79.3 cm³/mol. The van der Waals surface area contributed by atoms with Crippen LogP contribution in [0.5, 0.6) is 0 Å². The molecule has 4 fully saturated rings. The maximum atomic E-state index is 13.5. The molecule has 0 aliphatic heterocycles. The first-order chi connectivity index (χ1) is 10.5. The van der Waals surface area contributed by atoms with Gasteiger partial charge in [-0.15, -0.1) is 0 Å². The van der Waals surface area contributed by atoms with Crippen LogP contribution in [0.3, 0.4) is 0 Å². The van der Waals surface area contributed by atoms with Crippen molar-refractivity contribution in [2.75, 3.05) is 0 Å². The molecule has 1 aromatic rings. The van der Waals surface area contributed by atoms with Crippen LogP contribution >= 0.6 is 0 Å². The third-order valence-corrected chi connectivity index (χ3v) is 6.58. The van der Waals surface area contributed by atoms with Crippen LogP contribution in [0.1, 0.15) is 37.7 Å². The number of amides is 1. The van der Waals surface area contributed by atoms with Gasteiger partial charge in [0.2, 0.25) is 12.3 Å². The van der Waals surface area contributed by atoms with Crippen LogP contribution in [0.2, 0.25) is 0 Å². The molecule has 4 heteroatoms. The van der Waals surface area contributed by atoms with Gasteiger partial charge in [-0.05, 0) is 54.9 Å². The van der Waals surface area contributed by atoms with E-state index in [-0.39, 0.29) is 23.2 Å². The van der Waals surface area contributed by atoms with E-state index >= 15 is 0 Å². The Morgan fingerprint density at radius 3 is 2.18 bits per heavy atom. The van der Waals surface area contributed by atoms with Crippen molar-refractivity contribution in [3.8, 4) is 0 Å². The molecule has 2 N–H and O–H groups in total. The lowest BCUT2D eigenvalue weighted by atomic mass is 9.40. The Bertz CT molecular complexity index is 584. The molecule has 0 heterocycles. The van der Waals surface area contributed by atoms with Crippen molar-refractivity contribution in [3.05, 3.63) is 35.9 Å². The van der Waals surface area contributed by atoms with E-state index in [0.29, 0.717) is 12.8 Å². The lowest BCUT2D eigenvalue weighted by Crippen LogP contribution is -2.62. The number of nitrogens with two attached hydrogens (primary N) is 1. The van der Waals surface area contributed by atoms with Crippen LogP contribution in [-0.4, -0.2) is 12.3 Å². The smallest absolute Gasteiger partial charge is 0.241 e. The highest BCUT2D eigenvalue weighted by Crippen LogP contribution is 2.68. The largest absolute Gasteiger partial charge is 0.369 e. The van der Waals surface area contributed by atoms with Gasteiger partial charge in [0.15, 0.2) is 0 Å². The zero-order valence-electron chi connectivity index (χ0n) is 12.5. The Hall–Kier alpha value is -1.45. The van der Waals surface area contributed by atoms with Crippen molar-refractivity contribution in [1.29, 1.82) is 0 Å². The summed E-state index contributed by atoms with van der Waals surface area (Å²) in [7, 11) is 0. The quantitative estimate of drug-likeness (QED) is 0.912. The molecule has 1 amide bonds. The van der Waals surface area contributed by atoms with Crippen LogP contribution < -0.4 is 5.73 Å². The molecule has 1 aromatic carbocycles. The first-order valence-corrected chi connectivity index (χ1v) is 8.09. The molecule has 4 saturated carbocycles. The number of hydrogen-bond donors (Lipinski definition) is 1. The molecule has 0 radical (unpaired) electrons. The summed E-state index contributed by atoms with van der Waals surface area (Å²) >= 11 is 0. The molecular formula is C18H21F2NO. The van der Waals surface area contributed by atoms with E-state index in [4.69, 9.17) is 5.73 Å². The van der Waals surface area contributed by atoms with E-state index in [1.165, 1.54) is 5.56 Å². The fraction of sp³-hybridized carbons (Fsp3) is 0.611. The van der Waals surface area contributed by atoms with Gasteiger partial charge >= 0.3 is 0 Å². The zero-order valence-corrected chi connectivity index (χ0v) is 12.5. The summed E-state index contributed by atoms with van der Waals surface area (Å²) in [6, 6.07) is 10.1. The molecule has 4 bridgehead atoms. The summed E-state index contributed by atoms with van der Waals surface area (Å²) in [6.45, 7) is 0. The van der Waals surface area contributed by atoms with E-state index in [1.54, 1.807) is 0 Å². The zero-order chi connectivity index (χ0) is 15.5. The number of rotatable bonds is 3. The molecule has 4 aliphatic carbocycles. The summed E-state index contributed by atoms with van der Waals surface area (Å²) in [4.78, 5) is 12.1. The first-order valence-electron chi connectivity index (χ1n) is 8.09. The SMILES string of the molecule is NC(=O)C12CC3CC(c4ccccc4)(CC(C1)C3C(F)F)C2. The molecule has 22 heavy (non-hydrogen) atoms. The summed E-state index contributed by atoms with van der Waals surface area (Å²) < 4.78 is 27.0. The molecule has 0 spiro atoms. The standard InChI is InChI=1S/C18H21F2NO/c19-15(20)14-11-6-17(13-4-2-1-3-5-13)7-12(14)9-18(8-11,10-17)16(21)22/h1-5,11-12,14-15H,6-10H2,(H2,21,22). The Kier molecular flexibility index (Phi) is 2.91. The van der Waals surface area contributed by atoms with Gasteiger partial charge in [0, 0.05) is 5.92 Å². The molecule has 0 saturated heterocycles. The van der Waals surface area contributed by atoms with E-state index in [2.05, 4.69) is 12.1 Å². The average molecular weight is 305 g/mol. The highest BCUT2D eigenvalue weighted by Gasteiger charge is 2.64. The number of benzene rings is 1. The van der Waals surface area contributed by atoms with Crippen molar-refractivity contribution in [2.45, 2.75) is 43.9 Å². The normalized spacial score (nSPS) is 42.8. The fourth-order valence-corrected chi connectivity index (χ4v) is 6.01. The van der Waals surface area contributed by atoms with Crippen molar-refractivity contribution in [3.63, 3.8) is 0 Å². The van der Waals surface area contributed by atoms with Gasteiger partial charge in [-0.3, -0.25) is 4.79 Å². The van der Waals surface area contributed by atoms with Crippen LogP contribution in [0.15, 0.2) is 30.3 Å². The molecule has 2 unspecified atom stereocenters. The molecule has 2 atom stereocenters. The second kappa shape index (κ2) is 4.53. The Morgan fingerprint density at radius 1 is 1.09 bits per heavy atom. The Morgan fingerprint density at radius 2 is 1.68 bits per heavy atom. The minimum absolute atomic E-state index is 0.0750. The number of halogens is 2. The van der Waals surface area contributed by atoms with Gasteiger partial charge < -0.3 is 5.73 Å². The second-order valence-corrected chi connectivity index (χ2v) is 7.72.